The summed E-state index contributed by atoms with van der Waals surface area (Å²) in [5.41, 5.74) is 3.69. The Morgan fingerprint density at radius 1 is 1.27 bits per heavy atom. The summed E-state index contributed by atoms with van der Waals surface area (Å²) in [6.07, 6.45) is 1.25. The molecule has 0 bridgehead atoms. The first kappa shape index (κ1) is 16.8. The van der Waals surface area contributed by atoms with Crippen molar-refractivity contribution in [2.45, 2.75) is 37.5 Å². The number of benzene rings is 1. The number of hydrogen-bond acceptors (Lipinski definition) is 5. The number of rotatable bonds is 3. The Kier molecular flexibility index (Phi) is 4.04. The second-order valence-corrected chi connectivity index (χ2v) is 8.34. The smallest absolute Gasteiger partial charge is 0.165 e. The minimum absolute atomic E-state index is 0.0779. The second-order valence-electron chi connectivity index (χ2n) is 7.38. The highest BCUT2D eigenvalue weighted by Gasteiger charge is 2.32. The molecule has 0 fully saturated rings. The van der Waals surface area contributed by atoms with Crippen molar-refractivity contribution in [2.24, 2.45) is 5.41 Å². The number of aromatic amines is 1. The van der Waals surface area contributed by atoms with E-state index in [1.807, 2.05) is 24.3 Å². The van der Waals surface area contributed by atoms with Crippen molar-refractivity contribution in [3.63, 3.8) is 0 Å². The monoisotopic (exact) mass is 362 g/mol. The van der Waals surface area contributed by atoms with Crippen LogP contribution in [-0.4, -0.2) is 20.7 Å². The van der Waals surface area contributed by atoms with E-state index >= 15 is 0 Å². The summed E-state index contributed by atoms with van der Waals surface area (Å²) < 4.78 is 0. The number of nitrogens with one attached hydrogen (secondary N) is 1. The number of carbonyl (C=O) groups excluding carboxylic acids is 1. The molecule has 6 heteroatoms. The molecule has 26 heavy (non-hydrogen) atoms. The minimum atomic E-state index is -0.0914. The summed E-state index contributed by atoms with van der Waals surface area (Å²) in [5, 5.41) is 10.1. The molecule has 1 aliphatic rings. The highest BCUT2D eigenvalue weighted by Crippen LogP contribution is 2.36. The lowest BCUT2D eigenvalue weighted by atomic mass is 9.75. The van der Waals surface area contributed by atoms with Gasteiger partial charge in [-0.25, -0.2) is 9.97 Å². The summed E-state index contributed by atoms with van der Waals surface area (Å²) in [5.74, 6) is 1.51. The van der Waals surface area contributed by atoms with Crippen LogP contribution in [0.1, 0.15) is 47.7 Å². The standard InChI is InChI=1S/C20H18N4OS/c1-20(2)8-16-13(17(25)9-20)7-12(10-21)19(24-16)26-11-18-22-14-5-3-4-6-15(14)23-18/h3-7H,8-9,11H2,1-2H3,(H,22,23). The van der Waals surface area contributed by atoms with Crippen molar-refractivity contribution in [3.05, 3.63) is 53.0 Å². The van der Waals surface area contributed by atoms with Crippen LogP contribution in [0, 0.1) is 16.7 Å². The lowest BCUT2D eigenvalue weighted by molar-refractivity contribution is 0.0909. The van der Waals surface area contributed by atoms with Gasteiger partial charge in [-0.05, 0) is 30.0 Å². The van der Waals surface area contributed by atoms with Crippen LogP contribution in [0.4, 0.5) is 0 Å². The van der Waals surface area contributed by atoms with Gasteiger partial charge < -0.3 is 4.98 Å². The van der Waals surface area contributed by atoms with E-state index in [9.17, 15) is 10.1 Å². The Hall–Kier alpha value is -2.65. The maximum Gasteiger partial charge on any atom is 0.165 e. The number of hydrogen-bond donors (Lipinski definition) is 1. The van der Waals surface area contributed by atoms with E-state index in [-0.39, 0.29) is 11.2 Å². The summed E-state index contributed by atoms with van der Waals surface area (Å²) in [7, 11) is 0. The zero-order chi connectivity index (χ0) is 18.3. The van der Waals surface area contributed by atoms with E-state index in [1.54, 1.807) is 6.07 Å². The van der Waals surface area contributed by atoms with Crippen LogP contribution in [0.3, 0.4) is 0 Å². The maximum absolute atomic E-state index is 12.4. The van der Waals surface area contributed by atoms with Crippen molar-refractivity contribution in [2.75, 3.05) is 0 Å². The molecule has 1 aromatic carbocycles. The summed E-state index contributed by atoms with van der Waals surface area (Å²) in [6.45, 7) is 4.16. The fourth-order valence-electron chi connectivity index (χ4n) is 3.36. The highest BCUT2D eigenvalue weighted by atomic mass is 32.2. The van der Waals surface area contributed by atoms with E-state index in [1.165, 1.54) is 11.8 Å². The predicted molar refractivity (Wildman–Crippen MR) is 101 cm³/mol. The van der Waals surface area contributed by atoms with Gasteiger partial charge in [-0.15, -0.1) is 0 Å². The van der Waals surface area contributed by atoms with Crippen LogP contribution in [0.25, 0.3) is 11.0 Å². The highest BCUT2D eigenvalue weighted by molar-refractivity contribution is 7.98. The average molecular weight is 362 g/mol. The lowest BCUT2D eigenvalue weighted by Crippen LogP contribution is -2.28. The molecule has 5 nitrogen and oxygen atoms in total. The van der Waals surface area contributed by atoms with Gasteiger partial charge in [0.25, 0.3) is 0 Å². The van der Waals surface area contributed by atoms with Crippen molar-refractivity contribution in [1.29, 1.82) is 5.26 Å². The Morgan fingerprint density at radius 3 is 2.85 bits per heavy atom. The number of Topliss-reactive ketones (excluding diaryl/α,β-unsaturated/α-hetero) is 1. The van der Waals surface area contributed by atoms with Gasteiger partial charge in [0.1, 0.15) is 16.9 Å². The first-order valence-corrected chi connectivity index (χ1v) is 9.47. The number of pyridine rings is 1. The molecule has 4 rings (SSSR count). The van der Waals surface area contributed by atoms with E-state index < -0.39 is 0 Å². The summed E-state index contributed by atoms with van der Waals surface area (Å²) in [6, 6.07) is 11.8. The third kappa shape index (κ3) is 3.11. The first-order valence-electron chi connectivity index (χ1n) is 8.49. The van der Waals surface area contributed by atoms with Gasteiger partial charge >= 0.3 is 0 Å². The fraction of sp³-hybridized carbons (Fsp3) is 0.300. The van der Waals surface area contributed by atoms with Crippen LogP contribution >= 0.6 is 11.8 Å². The number of ketones is 1. The number of nitrogens with zero attached hydrogens (tertiary/aromatic N) is 3. The number of carbonyl (C=O) groups is 1. The summed E-state index contributed by atoms with van der Waals surface area (Å²) in [4.78, 5) is 24.9. The number of fused-ring (bicyclic) bond motifs is 2. The van der Waals surface area contributed by atoms with Gasteiger partial charge in [0.05, 0.1) is 28.0 Å². The zero-order valence-corrected chi connectivity index (χ0v) is 15.5. The second kappa shape index (κ2) is 6.26. The normalized spacial score (nSPS) is 15.7. The third-order valence-corrected chi connectivity index (χ3v) is 5.56. The molecule has 0 saturated carbocycles. The van der Waals surface area contributed by atoms with E-state index in [4.69, 9.17) is 0 Å². The fourth-order valence-corrected chi connectivity index (χ4v) is 4.20. The van der Waals surface area contributed by atoms with Gasteiger partial charge in [-0.2, -0.15) is 5.26 Å². The lowest BCUT2D eigenvalue weighted by Gasteiger charge is -2.29. The van der Waals surface area contributed by atoms with Crippen molar-refractivity contribution >= 4 is 28.6 Å². The molecule has 0 spiro atoms. The molecule has 2 aromatic heterocycles. The number of para-hydroxylation sites is 2. The molecule has 0 aliphatic heterocycles. The molecule has 3 aromatic rings. The van der Waals surface area contributed by atoms with Gasteiger partial charge in [-0.1, -0.05) is 37.7 Å². The van der Waals surface area contributed by atoms with Crippen LogP contribution in [0.2, 0.25) is 0 Å². The molecular weight excluding hydrogens is 344 g/mol. The Bertz CT molecular complexity index is 1030. The first-order chi connectivity index (χ1) is 12.4. The van der Waals surface area contributed by atoms with Crippen molar-refractivity contribution in [1.82, 2.24) is 15.0 Å². The number of aromatic nitrogens is 3. The van der Waals surface area contributed by atoms with E-state index in [0.717, 1.165) is 29.0 Å². The average Bonchev–Trinajstić information content (AvgIpc) is 3.01. The molecule has 1 aliphatic carbocycles. The number of thioether (sulfide) groups is 1. The third-order valence-electron chi connectivity index (χ3n) is 4.56. The van der Waals surface area contributed by atoms with Crippen molar-refractivity contribution in [3.8, 4) is 6.07 Å². The number of imidazole rings is 1. The SMILES string of the molecule is CC1(C)CC(=O)c2cc(C#N)c(SCc3nc4ccccc4[nH]3)nc2C1. The molecule has 0 saturated heterocycles. The quantitative estimate of drug-likeness (QED) is 0.703. The summed E-state index contributed by atoms with van der Waals surface area (Å²) >= 11 is 1.48. The van der Waals surface area contributed by atoms with Crippen LogP contribution in [0.5, 0.6) is 0 Å². The molecule has 0 unspecified atom stereocenters. The minimum Gasteiger partial charge on any atom is -0.341 e. The van der Waals surface area contributed by atoms with Crippen LogP contribution < -0.4 is 0 Å². The van der Waals surface area contributed by atoms with Gasteiger partial charge in [0.15, 0.2) is 5.78 Å². The molecule has 0 atom stereocenters. The van der Waals surface area contributed by atoms with Crippen LogP contribution in [-0.2, 0) is 12.2 Å². The van der Waals surface area contributed by atoms with Gasteiger partial charge in [-0.3, -0.25) is 4.79 Å². The molecule has 2 heterocycles. The Morgan fingerprint density at radius 2 is 2.08 bits per heavy atom. The Balaban J connectivity index is 1.64. The zero-order valence-electron chi connectivity index (χ0n) is 14.7. The largest absolute Gasteiger partial charge is 0.341 e. The maximum atomic E-state index is 12.4. The van der Waals surface area contributed by atoms with Gasteiger partial charge in [0.2, 0.25) is 0 Å². The molecule has 0 radical (unpaired) electrons. The van der Waals surface area contributed by atoms with Gasteiger partial charge in [0, 0.05) is 12.0 Å². The molecule has 130 valence electrons. The predicted octanol–water partition coefficient (Wildman–Crippen LogP) is 4.28. The Labute approximate surface area is 155 Å². The van der Waals surface area contributed by atoms with E-state index in [0.29, 0.717) is 28.3 Å². The number of H-pyrrole nitrogens is 1. The van der Waals surface area contributed by atoms with Crippen LogP contribution in [0.15, 0.2) is 35.4 Å². The topological polar surface area (TPSA) is 82.4 Å². The number of nitriles is 1. The van der Waals surface area contributed by atoms with E-state index in [2.05, 4.69) is 34.9 Å². The molecule has 0 amide bonds. The van der Waals surface area contributed by atoms with Crippen molar-refractivity contribution < 1.29 is 4.79 Å². The molecular formula is C20H18N4OS. The molecule has 1 N–H and O–H groups in total.